The summed E-state index contributed by atoms with van der Waals surface area (Å²) in [6.45, 7) is 1.55. The minimum Gasteiger partial charge on any atom is -0.396 e. The molecule has 0 aliphatic carbocycles. The number of rotatable bonds is 10. The Hall–Kier alpha value is -0.200. The summed E-state index contributed by atoms with van der Waals surface area (Å²) < 4.78 is 0. The van der Waals surface area contributed by atoms with Gasteiger partial charge in [0.25, 0.3) is 0 Å². The lowest BCUT2D eigenvalue weighted by atomic mass is 10.0. The van der Waals surface area contributed by atoms with Crippen molar-refractivity contribution in [3.63, 3.8) is 0 Å². The first-order valence-corrected chi connectivity index (χ1v) is 6.28. The molecule has 104 valence electrons. The summed E-state index contributed by atoms with van der Waals surface area (Å²) in [6, 6.07) is 0. The molecule has 0 saturated carbocycles. The quantitative estimate of drug-likeness (QED) is 0.369. The Morgan fingerprint density at radius 3 is 1.71 bits per heavy atom. The third-order valence-corrected chi connectivity index (χ3v) is 2.69. The van der Waals surface area contributed by atoms with Crippen LogP contribution in [0.4, 0.5) is 0 Å². The van der Waals surface area contributed by atoms with Crippen LogP contribution in [-0.4, -0.2) is 56.6 Å². The summed E-state index contributed by atoms with van der Waals surface area (Å²) in [7, 11) is 0. The first-order valence-electron chi connectivity index (χ1n) is 6.28. The summed E-state index contributed by atoms with van der Waals surface area (Å²) in [6.07, 6.45) is 0.273. The molecule has 0 saturated heterocycles. The second-order valence-corrected chi connectivity index (χ2v) is 4.73. The van der Waals surface area contributed by atoms with E-state index in [2.05, 4.69) is 0 Å². The highest BCUT2D eigenvalue weighted by Gasteiger charge is 2.13. The maximum absolute atomic E-state index is 9.57. The normalized spacial score (nSPS) is 18.7. The van der Waals surface area contributed by atoms with Crippen LogP contribution >= 0.6 is 0 Å². The average molecular weight is 250 g/mol. The molecule has 5 nitrogen and oxygen atoms in total. The van der Waals surface area contributed by atoms with E-state index in [1.165, 1.54) is 0 Å². The van der Waals surface area contributed by atoms with Crippen LogP contribution in [-0.2, 0) is 0 Å². The molecule has 17 heavy (non-hydrogen) atoms. The van der Waals surface area contributed by atoms with E-state index in [9.17, 15) is 15.3 Å². The van der Waals surface area contributed by atoms with E-state index in [1.54, 1.807) is 6.92 Å². The van der Waals surface area contributed by atoms with Crippen molar-refractivity contribution in [2.24, 2.45) is 0 Å². The molecule has 5 N–H and O–H groups in total. The zero-order valence-electron chi connectivity index (χ0n) is 10.5. The van der Waals surface area contributed by atoms with Gasteiger partial charge in [-0.05, 0) is 45.4 Å². The minimum atomic E-state index is -0.669. The van der Waals surface area contributed by atoms with E-state index < -0.39 is 24.4 Å². The molecule has 0 aromatic heterocycles. The highest BCUT2D eigenvalue weighted by molar-refractivity contribution is 4.66. The van der Waals surface area contributed by atoms with Gasteiger partial charge < -0.3 is 25.5 Å². The Morgan fingerprint density at radius 1 is 0.765 bits per heavy atom. The lowest BCUT2D eigenvalue weighted by Gasteiger charge is -2.16. The van der Waals surface area contributed by atoms with E-state index in [4.69, 9.17) is 10.2 Å². The molecule has 0 radical (unpaired) electrons. The van der Waals surface area contributed by atoms with Gasteiger partial charge in [0.15, 0.2) is 0 Å². The maximum Gasteiger partial charge on any atom is 0.0586 e. The summed E-state index contributed by atoms with van der Waals surface area (Å²) in [5.74, 6) is 0. The van der Waals surface area contributed by atoms with Gasteiger partial charge in [0.2, 0.25) is 0 Å². The predicted octanol–water partition coefficient (Wildman–Crippen LogP) is -0.217. The van der Waals surface area contributed by atoms with E-state index in [1.807, 2.05) is 0 Å². The smallest absolute Gasteiger partial charge is 0.0586 e. The zero-order valence-corrected chi connectivity index (χ0v) is 10.5. The van der Waals surface area contributed by atoms with Crippen LogP contribution in [0.1, 0.15) is 45.4 Å². The zero-order chi connectivity index (χ0) is 13.3. The first-order chi connectivity index (χ1) is 7.95. The van der Waals surface area contributed by atoms with Crippen molar-refractivity contribution in [1.29, 1.82) is 0 Å². The van der Waals surface area contributed by atoms with Crippen molar-refractivity contribution in [2.75, 3.05) is 6.61 Å². The van der Waals surface area contributed by atoms with Gasteiger partial charge in [0.1, 0.15) is 0 Å². The van der Waals surface area contributed by atoms with Crippen LogP contribution in [0.15, 0.2) is 0 Å². The third kappa shape index (κ3) is 10.7. The Bertz CT molecular complexity index is 174. The molecule has 0 bridgehead atoms. The summed E-state index contributed by atoms with van der Waals surface area (Å²) in [5, 5.41) is 46.0. The van der Waals surface area contributed by atoms with Crippen molar-refractivity contribution in [2.45, 2.75) is 69.9 Å². The average Bonchev–Trinajstić information content (AvgIpc) is 2.16. The highest BCUT2D eigenvalue weighted by Crippen LogP contribution is 2.12. The lowest BCUT2D eigenvalue weighted by molar-refractivity contribution is 0.0529. The molecule has 0 aromatic carbocycles. The molecule has 0 spiro atoms. The van der Waals surface area contributed by atoms with Gasteiger partial charge in [-0.1, -0.05) is 0 Å². The topological polar surface area (TPSA) is 101 Å². The van der Waals surface area contributed by atoms with Crippen molar-refractivity contribution >= 4 is 0 Å². The van der Waals surface area contributed by atoms with Gasteiger partial charge in [-0.2, -0.15) is 0 Å². The van der Waals surface area contributed by atoms with Crippen LogP contribution in [0.5, 0.6) is 0 Å². The monoisotopic (exact) mass is 250 g/mol. The molecular weight excluding hydrogens is 224 g/mol. The molecule has 4 unspecified atom stereocenters. The van der Waals surface area contributed by atoms with Crippen LogP contribution in [0.2, 0.25) is 0 Å². The molecule has 0 fully saturated rings. The molecule has 0 rings (SSSR count). The van der Waals surface area contributed by atoms with E-state index in [-0.39, 0.29) is 19.4 Å². The molecule has 0 amide bonds. The summed E-state index contributed by atoms with van der Waals surface area (Å²) >= 11 is 0. The van der Waals surface area contributed by atoms with E-state index in [0.717, 1.165) is 0 Å². The van der Waals surface area contributed by atoms with Gasteiger partial charge in [-0.25, -0.2) is 0 Å². The number of hydrogen-bond donors (Lipinski definition) is 5. The van der Waals surface area contributed by atoms with Crippen LogP contribution in [0, 0.1) is 0 Å². The fraction of sp³-hybridized carbons (Fsp3) is 1.00. The molecule has 4 atom stereocenters. The summed E-state index contributed by atoms with van der Waals surface area (Å²) in [4.78, 5) is 0. The van der Waals surface area contributed by atoms with Gasteiger partial charge in [0.05, 0.1) is 24.4 Å². The summed E-state index contributed by atoms with van der Waals surface area (Å²) in [5.41, 5.74) is 0. The fourth-order valence-corrected chi connectivity index (χ4v) is 1.80. The minimum absolute atomic E-state index is 0.0824. The third-order valence-electron chi connectivity index (χ3n) is 2.69. The van der Waals surface area contributed by atoms with Crippen molar-refractivity contribution in [1.82, 2.24) is 0 Å². The standard InChI is InChI=1S/C12H26O5/c1-9(14)7-10(15)3-2-4-11(16)8-12(17)5-6-13/h9-17H,2-8H2,1H3. The van der Waals surface area contributed by atoms with Gasteiger partial charge in [0, 0.05) is 6.61 Å². The fourth-order valence-electron chi connectivity index (χ4n) is 1.80. The second kappa shape index (κ2) is 9.79. The van der Waals surface area contributed by atoms with Crippen molar-refractivity contribution in [3.8, 4) is 0 Å². The lowest BCUT2D eigenvalue weighted by Crippen LogP contribution is -2.20. The van der Waals surface area contributed by atoms with Crippen LogP contribution in [0.25, 0.3) is 0 Å². The van der Waals surface area contributed by atoms with E-state index in [0.29, 0.717) is 25.7 Å². The van der Waals surface area contributed by atoms with Crippen LogP contribution in [0.3, 0.4) is 0 Å². The Labute approximate surface area is 103 Å². The molecule has 0 aliphatic rings. The maximum atomic E-state index is 9.57. The van der Waals surface area contributed by atoms with Gasteiger partial charge in [-0.3, -0.25) is 0 Å². The van der Waals surface area contributed by atoms with Crippen molar-refractivity contribution in [3.05, 3.63) is 0 Å². The van der Waals surface area contributed by atoms with Gasteiger partial charge in [-0.15, -0.1) is 0 Å². The number of hydrogen-bond acceptors (Lipinski definition) is 5. The predicted molar refractivity (Wildman–Crippen MR) is 64.5 cm³/mol. The van der Waals surface area contributed by atoms with Crippen LogP contribution < -0.4 is 0 Å². The van der Waals surface area contributed by atoms with Gasteiger partial charge >= 0.3 is 0 Å². The first kappa shape index (κ1) is 16.8. The number of aliphatic hydroxyl groups excluding tert-OH is 5. The molecule has 0 aliphatic heterocycles. The molecule has 5 heteroatoms. The molecule has 0 heterocycles. The number of aliphatic hydroxyl groups is 5. The Balaban J connectivity index is 3.53. The second-order valence-electron chi connectivity index (χ2n) is 4.73. The Kier molecular flexibility index (Phi) is 9.68. The molecular formula is C12H26O5. The SMILES string of the molecule is CC(O)CC(O)CCCC(O)CC(O)CCO. The highest BCUT2D eigenvalue weighted by atomic mass is 16.3. The van der Waals surface area contributed by atoms with E-state index >= 15 is 0 Å². The largest absolute Gasteiger partial charge is 0.396 e. The Morgan fingerprint density at radius 2 is 1.24 bits per heavy atom. The van der Waals surface area contributed by atoms with Crippen molar-refractivity contribution < 1.29 is 25.5 Å². The molecule has 0 aromatic rings.